The molecule has 3 heteroatoms. The fourth-order valence-electron chi connectivity index (χ4n) is 5.54. The summed E-state index contributed by atoms with van der Waals surface area (Å²) in [7, 11) is 0. The highest BCUT2D eigenvalue weighted by atomic mass is 16.3. The fourth-order valence-corrected chi connectivity index (χ4v) is 5.54. The van der Waals surface area contributed by atoms with Gasteiger partial charge in [0, 0.05) is 0 Å². The molecular weight excluding hydrogens is 262 g/mol. The van der Waals surface area contributed by atoms with Gasteiger partial charge in [0.25, 0.3) is 0 Å². The molecule has 0 bridgehead atoms. The van der Waals surface area contributed by atoms with Gasteiger partial charge in [-0.25, -0.2) is 0 Å². The molecule has 0 unspecified atom stereocenters. The van der Waals surface area contributed by atoms with Gasteiger partial charge in [0.15, 0.2) is 0 Å². The predicted molar refractivity (Wildman–Crippen MR) is 83.8 cm³/mol. The number of hydrogen-bond donors (Lipinski definition) is 3. The molecule has 0 spiro atoms. The van der Waals surface area contributed by atoms with Gasteiger partial charge >= 0.3 is 0 Å². The van der Waals surface area contributed by atoms with Crippen LogP contribution in [0.15, 0.2) is 18.2 Å². The lowest BCUT2D eigenvalue weighted by molar-refractivity contribution is -0.0226. The molecule has 5 atom stereocenters. The van der Waals surface area contributed by atoms with Gasteiger partial charge in [-0.2, -0.15) is 0 Å². The molecule has 2 fully saturated rings. The Morgan fingerprint density at radius 2 is 1.95 bits per heavy atom. The number of aliphatic hydroxyl groups excluding tert-OH is 1. The van der Waals surface area contributed by atoms with Gasteiger partial charge in [0.05, 0.1) is 6.10 Å². The van der Waals surface area contributed by atoms with Crippen LogP contribution in [-0.2, 0) is 6.42 Å². The van der Waals surface area contributed by atoms with Crippen LogP contribution in [0, 0.1) is 17.3 Å². The van der Waals surface area contributed by atoms with Crippen molar-refractivity contribution in [1.82, 2.24) is 6.15 Å². The topological polar surface area (TPSA) is 75.5 Å². The van der Waals surface area contributed by atoms with Gasteiger partial charge in [-0.1, -0.05) is 13.0 Å². The van der Waals surface area contributed by atoms with E-state index in [2.05, 4.69) is 13.0 Å². The van der Waals surface area contributed by atoms with Crippen LogP contribution in [0.3, 0.4) is 0 Å². The molecule has 0 aliphatic heterocycles. The number of aromatic hydroxyl groups is 1. The van der Waals surface area contributed by atoms with Crippen molar-refractivity contribution in [3.05, 3.63) is 29.3 Å². The van der Waals surface area contributed by atoms with Crippen molar-refractivity contribution in [2.75, 3.05) is 0 Å². The summed E-state index contributed by atoms with van der Waals surface area (Å²) < 4.78 is 0. The molecule has 3 aliphatic carbocycles. The minimum absolute atomic E-state index is 0. The maximum Gasteiger partial charge on any atom is 0.115 e. The van der Waals surface area contributed by atoms with Gasteiger partial charge in [0.1, 0.15) is 5.75 Å². The van der Waals surface area contributed by atoms with Gasteiger partial charge in [-0.3, -0.25) is 0 Å². The molecule has 5 N–H and O–H groups in total. The second kappa shape index (κ2) is 4.99. The zero-order valence-electron chi connectivity index (χ0n) is 12.9. The highest BCUT2D eigenvalue weighted by Gasteiger charge is 2.54. The smallest absolute Gasteiger partial charge is 0.115 e. The summed E-state index contributed by atoms with van der Waals surface area (Å²) in [6, 6.07) is 5.96. The Kier molecular flexibility index (Phi) is 3.53. The first kappa shape index (κ1) is 14.9. The van der Waals surface area contributed by atoms with E-state index < -0.39 is 0 Å². The first-order valence-electron chi connectivity index (χ1n) is 8.09. The number of hydrogen-bond acceptors (Lipinski definition) is 3. The summed E-state index contributed by atoms with van der Waals surface area (Å²) in [5.41, 5.74) is 2.99. The average Bonchev–Trinajstić information content (AvgIpc) is 2.74. The number of aryl methyl sites for hydroxylation is 1. The minimum atomic E-state index is -0.0883. The fraction of sp³-hybridized carbons (Fsp3) is 0.667. The predicted octanol–water partition coefficient (Wildman–Crippen LogP) is 3.77. The van der Waals surface area contributed by atoms with E-state index in [0.717, 1.165) is 25.2 Å². The van der Waals surface area contributed by atoms with Crippen molar-refractivity contribution < 1.29 is 10.2 Å². The Bertz CT molecular complexity index is 544. The van der Waals surface area contributed by atoms with E-state index >= 15 is 0 Å². The minimum Gasteiger partial charge on any atom is -0.508 e. The van der Waals surface area contributed by atoms with Crippen LogP contribution in [0.5, 0.6) is 5.75 Å². The summed E-state index contributed by atoms with van der Waals surface area (Å²) in [6.07, 6.45) is 6.78. The molecule has 0 aromatic heterocycles. The van der Waals surface area contributed by atoms with Crippen LogP contribution in [0.4, 0.5) is 0 Å². The Labute approximate surface area is 127 Å². The molecule has 0 heterocycles. The van der Waals surface area contributed by atoms with Crippen LogP contribution in [0.2, 0.25) is 0 Å². The van der Waals surface area contributed by atoms with E-state index in [1.165, 1.54) is 30.4 Å². The maximum atomic E-state index is 10.4. The summed E-state index contributed by atoms with van der Waals surface area (Å²) in [5, 5.41) is 20.0. The number of phenolic OH excluding ortho intramolecular Hbond substituents is 1. The highest BCUT2D eigenvalue weighted by molar-refractivity contribution is 5.40. The molecular formula is C18H27NO2. The second-order valence-electron chi connectivity index (χ2n) is 7.44. The normalized spacial score (nSPS) is 40.7. The van der Waals surface area contributed by atoms with Crippen molar-refractivity contribution in [3.8, 4) is 5.75 Å². The Balaban J connectivity index is 0.00000132. The monoisotopic (exact) mass is 289 g/mol. The lowest BCUT2D eigenvalue weighted by Gasteiger charge is -2.50. The molecule has 4 rings (SSSR count). The van der Waals surface area contributed by atoms with Crippen molar-refractivity contribution in [2.24, 2.45) is 17.3 Å². The van der Waals surface area contributed by atoms with Crippen LogP contribution in [-0.4, -0.2) is 16.3 Å². The lowest BCUT2D eigenvalue weighted by Crippen LogP contribution is -2.43. The van der Waals surface area contributed by atoms with Gasteiger partial charge < -0.3 is 16.4 Å². The average molecular weight is 289 g/mol. The first-order chi connectivity index (χ1) is 9.59. The van der Waals surface area contributed by atoms with E-state index in [9.17, 15) is 10.2 Å². The number of benzene rings is 1. The van der Waals surface area contributed by atoms with Crippen molar-refractivity contribution >= 4 is 0 Å². The molecule has 3 aliphatic rings. The third kappa shape index (κ3) is 2.01. The maximum absolute atomic E-state index is 10.4. The second-order valence-corrected chi connectivity index (χ2v) is 7.44. The Morgan fingerprint density at radius 3 is 2.76 bits per heavy atom. The SMILES string of the molecule is C[C@]12CC[C@@H]3c4ccc(O)cc4CC[C@H]3[C@@H]1CC[C@@H]2O.N. The Morgan fingerprint density at radius 1 is 1.14 bits per heavy atom. The van der Waals surface area contributed by atoms with Crippen LogP contribution in [0.25, 0.3) is 0 Å². The van der Waals surface area contributed by atoms with Crippen LogP contribution >= 0.6 is 0 Å². The summed E-state index contributed by atoms with van der Waals surface area (Å²) in [5.74, 6) is 2.49. The van der Waals surface area contributed by atoms with E-state index in [0.29, 0.717) is 17.6 Å². The molecule has 0 amide bonds. The van der Waals surface area contributed by atoms with Crippen LogP contribution < -0.4 is 6.15 Å². The molecule has 21 heavy (non-hydrogen) atoms. The van der Waals surface area contributed by atoms with E-state index in [1.54, 1.807) is 0 Å². The van der Waals surface area contributed by atoms with Gasteiger partial charge in [-0.05, 0) is 85.0 Å². The first-order valence-corrected chi connectivity index (χ1v) is 8.09. The zero-order chi connectivity index (χ0) is 13.9. The molecule has 0 saturated heterocycles. The highest BCUT2D eigenvalue weighted by Crippen LogP contribution is 2.60. The number of phenols is 1. The molecule has 116 valence electrons. The van der Waals surface area contributed by atoms with Gasteiger partial charge in [-0.15, -0.1) is 0 Å². The number of fused-ring (bicyclic) bond motifs is 5. The third-order valence-corrected chi connectivity index (χ3v) is 6.66. The zero-order valence-corrected chi connectivity index (χ0v) is 12.9. The quantitative estimate of drug-likeness (QED) is 0.680. The summed E-state index contributed by atoms with van der Waals surface area (Å²) in [4.78, 5) is 0. The number of aliphatic hydroxyl groups is 1. The van der Waals surface area contributed by atoms with Crippen LogP contribution in [0.1, 0.15) is 56.1 Å². The third-order valence-electron chi connectivity index (χ3n) is 6.66. The molecule has 1 aromatic carbocycles. The van der Waals surface area contributed by atoms with Gasteiger partial charge in [0.2, 0.25) is 0 Å². The Hall–Kier alpha value is -1.06. The standard InChI is InChI=1S/C18H24O2.H3N/c1-18-9-8-14-13-5-3-12(19)10-11(13)2-4-15(14)16(18)6-7-17(18)20;/h3,5,10,14-17,19-20H,2,4,6-9H2,1H3;1H3/t14-,15-,16+,17+,18+;/m1./s1. The van der Waals surface area contributed by atoms with E-state index in [1.807, 2.05) is 12.1 Å². The van der Waals surface area contributed by atoms with E-state index in [4.69, 9.17) is 0 Å². The van der Waals surface area contributed by atoms with E-state index in [-0.39, 0.29) is 17.7 Å². The molecule has 1 aromatic rings. The molecule has 3 nitrogen and oxygen atoms in total. The largest absolute Gasteiger partial charge is 0.508 e. The molecule has 0 radical (unpaired) electrons. The summed E-state index contributed by atoms with van der Waals surface area (Å²) in [6.45, 7) is 2.32. The van der Waals surface area contributed by atoms with Crippen molar-refractivity contribution in [3.63, 3.8) is 0 Å². The molecule has 2 saturated carbocycles. The number of rotatable bonds is 0. The van der Waals surface area contributed by atoms with Crippen molar-refractivity contribution in [1.29, 1.82) is 0 Å². The lowest BCUT2D eigenvalue weighted by atomic mass is 9.55. The van der Waals surface area contributed by atoms with Crippen molar-refractivity contribution in [2.45, 2.75) is 57.5 Å². The summed E-state index contributed by atoms with van der Waals surface area (Å²) >= 11 is 0.